The zero-order valence-electron chi connectivity index (χ0n) is 23.2. The van der Waals surface area contributed by atoms with Crippen molar-refractivity contribution in [2.24, 2.45) is 28.9 Å². The Labute approximate surface area is 239 Å². The molecule has 0 radical (unpaired) electrons. The number of nitrogens with two attached hydrogens (primary N) is 4. The smallest absolute Gasteiger partial charge is 0.249 e. The molecule has 0 aromatic carbocycles. The third kappa shape index (κ3) is 7.35. The number of ether oxygens (including phenoxy) is 3. The van der Waals surface area contributed by atoms with Gasteiger partial charge < -0.3 is 78.6 Å². The van der Waals surface area contributed by atoms with Crippen LogP contribution in [-0.2, 0) is 19.0 Å². The lowest BCUT2D eigenvalue weighted by Crippen LogP contribution is -2.70. The molecule has 3 saturated heterocycles. The monoisotopic (exact) mass is 591 g/mol. The summed E-state index contributed by atoms with van der Waals surface area (Å²) >= 11 is 0. The van der Waals surface area contributed by atoms with Crippen LogP contribution in [0.25, 0.3) is 0 Å². The number of hydrogen-bond donors (Lipinski definition) is 12. The fourth-order valence-electron chi connectivity index (χ4n) is 6.33. The minimum absolute atomic E-state index is 0.0243. The average Bonchev–Trinajstić information content (AvgIpc) is 2.93. The van der Waals surface area contributed by atoms with E-state index in [1.807, 2.05) is 0 Å². The molecule has 1 amide bonds. The number of carbonyl (C=O) groups excluding carboxylic acids is 1. The number of hydrogen-bond acceptors (Lipinski definition) is 15. The molecule has 238 valence electrons. The van der Waals surface area contributed by atoms with Gasteiger partial charge in [0.15, 0.2) is 6.29 Å². The van der Waals surface area contributed by atoms with Crippen LogP contribution in [0.1, 0.15) is 25.7 Å². The quantitative estimate of drug-likeness (QED) is 0.106. The van der Waals surface area contributed by atoms with Crippen molar-refractivity contribution in [3.8, 4) is 0 Å². The van der Waals surface area contributed by atoms with Gasteiger partial charge in [0, 0.05) is 43.7 Å². The van der Waals surface area contributed by atoms with E-state index in [0.29, 0.717) is 6.54 Å². The van der Waals surface area contributed by atoms with Gasteiger partial charge in [0.2, 0.25) is 5.91 Å². The summed E-state index contributed by atoms with van der Waals surface area (Å²) in [5, 5.41) is 62.3. The second-order valence-corrected chi connectivity index (χ2v) is 11.7. The van der Waals surface area contributed by atoms with Crippen LogP contribution >= 0.6 is 0 Å². The Hall–Kier alpha value is -1.09. The van der Waals surface area contributed by atoms with Gasteiger partial charge in [0.25, 0.3) is 0 Å². The molecule has 4 aliphatic rings. The van der Waals surface area contributed by atoms with E-state index in [2.05, 4.69) is 16.0 Å². The van der Waals surface area contributed by atoms with Gasteiger partial charge in [-0.3, -0.25) is 4.79 Å². The molecule has 41 heavy (non-hydrogen) atoms. The Morgan fingerprint density at radius 1 is 1.05 bits per heavy atom. The Morgan fingerprint density at radius 3 is 2.39 bits per heavy atom. The van der Waals surface area contributed by atoms with Gasteiger partial charge >= 0.3 is 0 Å². The van der Waals surface area contributed by atoms with Crippen LogP contribution in [0.3, 0.4) is 0 Å². The first-order valence-corrected chi connectivity index (χ1v) is 14.6. The summed E-state index contributed by atoms with van der Waals surface area (Å²) in [5.74, 6) is -1.39. The molecule has 1 saturated carbocycles. The minimum Gasteiger partial charge on any atom is -0.394 e. The van der Waals surface area contributed by atoms with E-state index < -0.39 is 85.6 Å². The minimum atomic E-state index is -1.51. The summed E-state index contributed by atoms with van der Waals surface area (Å²) in [6, 6.07) is -2.65. The summed E-state index contributed by atoms with van der Waals surface area (Å²) < 4.78 is 18.1. The second-order valence-electron chi connectivity index (χ2n) is 11.7. The van der Waals surface area contributed by atoms with Crippen molar-refractivity contribution in [3.05, 3.63) is 0 Å². The molecule has 4 fully saturated rings. The molecule has 14 atom stereocenters. The molecule has 3 heterocycles. The van der Waals surface area contributed by atoms with E-state index in [1.165, 1.54) is 0 Å². The molecule has 3 aliphatic heterocycles. The maximum Gasteiger partial charge on any atom is 0.249 e. The summed E-state index contributed by atoms with van der Waals surface area (Å²) in [4.78, 5) is 12.8. The highest BCUT2D eigenvalue weighted by atomic mass is 16.7. The first kappa shape index (κ1) is 32.8. The predicted molar refractivity (Wildman–Crippen MR) is 145 cm³/mol. The molecule has 0 bridgehead atoms. The van der Waals surface area contributed by atoms with Crippen LogP contribution in [0.4, 0.5) is 0 Å². The highest BCUT2D eigenvalue weighted by Gasteiger charge is 2.53. The molecular weight excluding hydrogens is 542 g/mol. The largest absolute Gasteiger partial charge is 0.394 e. The van der Waals surface area contributed by atoms with Gasteiger partial charge in [0.1, 0.15) is 30.5 Å². The average molecular weight is 592 g/mol. The molecule has 0 aromatic heterocycles. The lowest BCUT2D eigenvalue weighted by atomic mass is 9.72. The molecule has 16 heteroatoms. The van der Waals surface area contributed by atoms with Crippen molar-refractivity contribution < 1.29 is 44.5 Å². The fourth-order valence-corrected chi connectivity index (χ4v) is 6.33. The van der Waals surface area contributed by atoms with Crippen LogP contribution in [0, 0.1) is 5.92 Å². The molecule has 16 nitrogen and oxygen atoms in total. The van der Waals surface area contributed by atoms with Crippen molar-refractivity contribution in [3.63, 3.8) is 0 Å². The molecule has 4 rings (SSSR count). The second kappa shape index (κ2) is 14.6. The first-order chi connectivity index (χ1) is 19.6. The van der Waals surface area contributed by atoms with E-state index in [1.54, 1.807) is 0 Å². The maximum atomic E-state index is 12.8. The van der Waals surface area contributed by atoms with Crippen molar-refractivity contribution in [1.82, 2.24) is 16.0 Å². The van der Waals surface area contributed by atoms with Crippen molar-refractivity contribution in [2.75, 3.05) is 32.8 Å². The zero-order chi connectivity index (χ0) is 29.8. The van der Waals surface area contributed by atoms with Gasteiger partial charge in [-0.05, 0) is 32.2 Å². The zero-order valence-corrected chi connectivity index (χ0v) is 23.2. The van der Waals surface area contributed by atoms with Gasteiger partial charge in [0.05, 0.1) is 37.0 Å². The maximum absolute atomic E-state index is 12.8. The van der Waals surface area contributed by atoms with Crippen LogP contribution in [-0.4, -0.2) is 150 Å². The number of nitrogens with one attached hydrogen (secondary N) is 3. The van der Waals surface area contributed by atoms with E-state index in [4.69, 9.17) is 37.1 Å². The number of amides is 1. The molecule has 14 unspecified atom stereocenters. The Balaban J connectivity index is 1.60. The lowest BCUT2D eigenvalue weighted by Gasteiger charge is -2.52. The normalized spacial score (nSPS) is 44.7. The van der Waals surface area contributed by atoms with E-state index in [-0.39, 0.29) is 37.6 Å². The predicted octanol–water partition coefficient (Wildman–Crippen LogP) is -6.52. The van der Waals surface area contributed by atoms with Crippen LogP contribution in [0.15, 0.2) is 0 Å². The lowest BCUT2D eigenvalue weighted by molar-refractivity contribution is -0.306. The standard InChI is InChI=1S/C25H49N7O9/c26-4-3-15(34)24(38)32-14-5-12(28)17(22-13(31-10-7-30-8-10)2-1-11(6-27)39-22)20(36)23(14)41-25-21(37)18(29)19(35)16(9-33)40-25/h10-23,25,30-31,33-37H,1-9,26-29H2,(H,32,38). The highest BCUT2D eigenvalue weighted by Crippen LogP contribution is 2.37. The van der Waals surface area contributed by atoms with Gasteiger partial charge in [-0.25, -0.2) is 0 Å². The summed E-state index contributed by atoms with van der Waals surface area (Å²) in [7, 11) is 0. The molecule has 0 aromatic rings. The third-order valence-corrected chi connectivity index (χ3v) is 8.87. The Kier molecular flexibility index (Phi) is 11.7. The topological polar surface area (TPSA) is 286 Å². The van der Waals surface area contributed by atoms with Crippen molar-refractivity contribution >= 4 is 5.91 Å². The SMILES string of the molecule is NCCC(O)C(=O)NC1CC(N)C(C2OC(CN)CCC2NC2CNC2)C(O)C1OC1OC(CO)C(O)C(N)C1O. The third-order valence-electron chi connectivity index (χ3n) is 8.87. The molecule has 16 N–H and O–H groups in total. The summed E-state index contributed by atoms with van der Waals surface area (Å²) in [6.45, 7) is 1.41. The van der Waals surface area contributed by atoms with Gasteiger partial charge in [-0.1, -0.05) is 0 Å². The number of rotatable bonds is 11. The van der Waals surface area contributed by atoms with Crippen molar-refractivity contribution in [1.29, 1.82) is 0 Å². The molecular formula is C25H49N7O9. The number of carbonyl (C=O) groups is 1. The van der Waals surface area contributed by atoms with Gasteiger partial charge in [-0.15, -0.1) is 0 Å². The Bertz CT molecular complexity index is 843. The van der Waals surface area contributed by atoms with Gasteiger partial charge in [-0.2, -0.15) is 0 Å². The fraction of sp³-hybridized carbons (Fsp3) is 0.960. The first-order valence-electron chi connectivity index (χ1n) is 14.6. The van der Waals surface area contributed by atoms with E-state index in [0.717, 1.165) is 25.9 Å². The summed E-state index contributed by atoms with van der Waals surface area (Å²) in [5.41, 5.74) is 24.1. The van der Waals surface area contributed by atoms with E-state index >= 15 is 0 Å². The Morgan fingerprint density at radius 2 is 1.78 bits per heavy atom. The highest BCUT2D eigenvalue weighted by molar-refractivity contribution is 5.80. The van der Waals surface area contributed by atoms with E-state index in [9.17, 15) is 30.3 Å². The molecule has 0 spiro atoms. The van der Waals surface area contributed by atoms with Crippen LogP contribution < -0.4 is 38.9 Å². The number of aliphatic hydroxyl groups excluding tert-OH is 5. The summed E-state index contributed by atoms with van der Waals surface area (Å²) in [6.07, 6.45) is -8.48. The molecule has 1 aliphatic carbocycles. The van der Waals surface area contributed by atoms with Crippen molar-refractivity contribution in [2.45, 2.75) is 111 Å². The number of aliphatic hydroxyl groups is 5. The van der Waals surface area contributed by atoms with Crippen LogP contribution in [0.5, 0.6) is 0 Å². The van der Waals surface area contributed by atoms with Crippen LogP contribution in [0.2, 0.25) is 0 Å².